The standard InChI is InChI=1S/C18H32N4/c1-7-17(8-2)19-13-11-16(6)14(12-15(13,5)21-17)20-18(9-3,10-4)22-16/h21-22H,7-12H2,1-6H3. The van der Waals surface area contributed by atoms with E-state index in [2.05, 4.69) is 52.2 Å². The summed E-state index contributed by atoms with van der Waals surface area (Å²) in [6.45, 7) is 13.6. The molecule has 0 aromatic rings. The Morgan fingerprint density at radius 1 is 0.727 bits per heavy atom. The third-order valence-electron chi connectivity index (χ3n) is 6.37. The van der Waals surface area contributed by atoms with Gasteiger partial charge in [-0.05, 0) is 39.5 Å². The monoisotopic (exact) mass is 304 g/mol. The van der Waals surface area contributed by atoms with E-state index in [-0.39, 0.29) is 22.4 Å². The van der Waals surface area contributed by atoms with Crippen LogP contribution in [0.2, 0.25) is 0 Å². The predicted octanol–water partition coefficient (Wildman–Crippen LogP) is 3.42. The smallest absolute Gasteiger partial charge is 0.110 e. The van der Waals surface area contributed by atoms with Crippen LogP contribution >= 0.6 is 0 Å². The molecular formula is C18H32N4. The molecule has 4 heteroatoms. The van der Waals surface area contributed by atoms with Crippen molar-refractivity contribution in [3.63, 3.8) is 0 Å². The fourth-order valence-corrected chi connectivity index (χ4v) is 4.59. The summed E-state index contributed by atoms with van der Waals surface area (Å²) in [6.07, 6.45) is 6.16. The maximum atomic E-state index is 5.17. The Bertz CT molecular complexity index is 479. The van der Waals surface area contributed by atoms with Gasteiger partial charge in [-0.15, -0.1) is 0 Å². The zero-order valence-corrected chi connectivity index (χ0v) is 15.1. The van der Waals surface area contributed by atoms with Crippen LogP contribution < -0.4 is 10.6 Å². The highest BCUT2D eigenvalue weighted by Crippen LogP contribution is 2.43. The normalized spacial score (nSPS) is 38.3. The number of hydrogen-bond acceptors (Lipinski definition) is 4. The molecule has 2 unspecified atom stereocenters. The Morgan fingerprint density at radius 2 is 1.05 bits per heavy atom. The average molecular weight is 304 g/mol. The Labute approximate surface area is 135 Å². The zero-order chi connectivity index (χ0) is 16.2. The van der Waals surface area contributed by atoms with E-state index in [9.17, 15) is 0 Å². The largest absolute Gasteiger partial charge is 0.282 e. The van der Waals surface area contributed by atoms with Crippen molar-refractivity contribution >= 4 is 11.4 Å². The number of aliphatic imine (C=N–C) groups is 2. The molecule has 0 saturated heterocycles. The Hall–Kier alpha value is -0.740. The molecule has 0 aromatic carbocycles. The van der Waals surface area contributed by atoms with Gasteiger partial charge in [-0.3, -0.25) is 20.6 Å². The molecule has 0 spiro atoms. The van der Waals surface area contributed by atoms with Crippen molar-refractivity contribution in [3.05, 3.63) is 0 Å². The molecule has 2 aliphatic heterocycles. The summed E-state index contributed by atoms with van der Waals surface area (Å²) in [5.74, 6) is 0. The summed E-state index contributed by atoms with van der Waals surface area (Å²) in [5, 5.41) is 7.73. The fraction of sp³-hybridized carbons (Fsp3) is 0.889. The number of nitrogens with one attached hydrogen (secondary N) is 2. The molecule has 124 valence electrons. The molecule has 2 heterocycles. The van der Waals surface area contributed by atoms with E-state index in [1.165, 1.54) is 11.4 Å². The highest BCUT2D eigenvalue weighted by Gasteiger charge is 2.57. The van der Waals surface area contributed by atoms with Crippen LogP contribution in [0.4, 0.5) is 0 Å². The number of hydrogen-bond donors (Lipinski definition) is 2. The van der Waals surface area contributed by atoms with Crippen LogP contribution in [0, 0.1) is 0 Å². The molecule has 3 rings (SSSR count). The predicted molar refractivity (Wildman–Crippen MR) is 93.8 cm³/mol. The van der Waals surface area contributed by atoms with E-state index in [0.29, 0.717) is 0 Å². The summed E-state index contributed by atoms with van der Waals surface area (Å²) < 4.78 is 0. The Morgan fingerprint density at radius 3 is 1.32 bits per heavy atom. The molecule has 22 heavy (non-hydrogen) atoms. The van der Waals surface area contributed by atoms with Gasteiger partial charge in [0.2, 0.25) is 0 Å². The highest BCUT2D eigenvalue weighted by atomic mass is 15.3. The third kappa shape index (κ3) is 2.10. The molecule has 1 fully saturated rings. The van der Waals surface area contributed by atoms with E-state index in [0.717, 1.165) is 38.5 Å². The van der Waals surface area contributed by atoms with Crippen LogP contribution in [0.3, 0.4) is 0 Å². The lowest BCUT2D eigenvalue weighted by atomic mass is 9.72. The van der Waals surface area contributed by atoms with Crippen LogP contribution in [0.15, 0.2) is 9.98 Å². The minimum absolute atomic E-state index is 0.0103. The molecular weight excluding hydrogens is 272 g/mol. The van der Waals surface area contributed by atoms with Gasteiger partial charge >= 0.3 is 0 Å². The molecule has 2 N–H and O–H groups in total. The van der Waals surface area contributed by atoms with Crippen molar-refractivity contribution in [2.75, 3.05) is 0 Å². The van der Waals surface area contributed by atoms with Crippen molar-refractivity contribution in [2.24, 2.45) is 9.98 Å². The van der Waals surface area contributed by atoms with E-state index < -0.39 is 0 Å². The van der Waals surface area contributed by atoms with Gasteiger partial charge in [0, 0.05) is 24.3 Å². The second-order valence-electron chi connectivity index (χ2n) is 7.86. The van der Waals surface area contributed by atoms with Crippen molar-refractivity contribution in [1.82, 2.24) is 10.6 Å². The van der Waals surface area contributed by atoms with Gasteiger partial charge in [0.05, 0.1) is 11.1 Å². The van der Waals surface area contributed by atoms with E-state index >= 15 is 0 Å². The molecule has 0 bridgehead atoms. The first kappa shape index (κ1) is 16.1. The second kappa shape index (κ2) is 4.88. The highest BCUT2D eigenvalue weighted by molar-refractivity contribution is 6.11. The van der Waals surface area contributed by atoms with E-state index in [1.54, 1.807) is 0 Å². The molecule has 1 aliphatic carbocycles. The van der Waals surface area contributed by atoms with Gasteiger partial charge in [0.1, 0.15) is 11.3 Å². The molecule has 0 aromatic heterocycles. The van der Waals surface area contributed by atoms with Crippen molar-refractivity contribution in [1.29, 1.82) is 0 Å². The number of rotatable bonds is 4. The van der Waals surface area contributed by atoms with Gasteiger partial charge < -0.3 is 0 Å². The third-order valence-corrected chi connectivity index (χ3v) is 6.37. The van der Waals surface area contributed by atoms with Crippen LogP contribution in [0.1, 0.15) is 80.1 Å². The minimum atomic E-state index is -0.0633. The van der Waals surface area contributed by atoms with Gasteiger partial charge in [-0.25, -0.2) is 0 Å². The first-order valence-electron chi connectivity index (χ1n) is 9.05. The molecule has 0 amide bonds. The molecule has 1 saturated carbocycles. The summed E-state index contributed by atoms with van der Waals surface area (Å²) in [5.41, 5.74) is 2.53. The topological polar surface area (TPSA) is 48.8 Å². The molecule has 4 nitrogen and oxygen atoms in total. The number of nitrogens with zero attached hydrogens (tertiary/aromatic N) is 2. The van der Waals surface area contributed by atoms with Crippen LogP contribution in [-0.4, -0.2) is 33.8 Å². The summed E-state index contributed by atoms with van der Waals surface area (Å²) in [6, 6.07) is 0. The Kier molecular flexibility index (Phi) is 3.57. The first-order valence-corrected chi connectivity index (χ1v) is 9.05. The molecule has 0 radical (unpaired) electrons. The van der Waals surface area contributed by atoms with Crippen molar-refractivity contribution in [2.45, 2.75) is 102 Å². The summed E-state index contributed by atoms with van der Waals surface area (Å²) >= 11 is 0. The zero-order valence-electron chi connectivity index (χ0n) is 15.1. The van der Waals surface area contributed by atoms with Crippen LogP contribution in [0.5, 0.6) is 0 Å². The van der Waals surface area contributed by atoms with Gasteiger partial charge in [-0.1, -0.05) is 27.7 Å². The number of fused-ring (bicyclic) bond motifs is 2. The van der Waals surface area contributed by atoms with Crippen molar-refractivity contribution in [3.8, 4) is 0 Å². The first-order chi connectivity index (χ1) is 10.3. The van der Waals surface area contributed by atoms with E-state index in [4.69, 9.17) is 9.98 Å². The maximum Gasteiger partial charge on any atom is 0.110 e. The van der Waals surface area contributed by atoms with Gasteiger partial charge in [0.15, 0.2) is 0 Å². The lowest BCUT2D eigenvalue weighted by Gasteiger charge is -2.42. The van der Waals surface area contributed by atoms with Gasteiger partial charge in [-0.2, -0.15) is 0 Å². The van der Waals surface area contributed by atoms with Gasteiger partial charge in [0.25, 0.3) is 0 Å². The van der Waals surface area contributed by atoms with Crippen molar-refractivity contribution < 1.29 is 0 Å². The SMILES string of the molecule is CCC1(CC)N=C2CC3(C)NC(CC)(CC)N=C3CC2(C)N1. The quantitative estimate of drug-likeness (QED) is 0.836. The molecule has 2 atom stereocenters. The fourth-order valence-electron chi connectivity index (χ4n) is 4.59. The lowest BCUT2D eigenvalue weighted by Crippen LogP contribution is -2.63. The minimum Gasteiger partial charge on any atom is -0.282 e. The Balaban J connectivity index is 1.97. The van der Waals surface area contributed by atoms with Crippen LogP contribution in [-0.2, 0) is 0 Å². The van der Waals surface area contributed by atoms with Crippen LogP contribution in [0.25, 0.3) is 0 Å². The maximum absolute atomic E-state index is 5.17. The summed E-state index contributed by atoms with van der Waals surface area (Å²) in [7, 11) is 0. The average Bonchev–Trinajstić information content (AvgIpc) is 2.94. The lowest BCUT2D eigenvalue weighted by molar-refractivity contribution is 0.273. The molecule has 3 aliphatic rings. The summed E-state index contributed by atoms with van der Waals surface area (Å²) in [4.78, 5) is 10.3. The van der Waals surface area contributed by atoms with E-state index in [1.807, 2.05) is 0 Å². The second-order valence-corrected chi connectivity index (χ2v) is 7.86.